The Morgan fingerprint density at radius 1 is 1.46 bits per heavy atom. The largest absolute Gasteiger partial charge is 0.392 e. The van der Waals surface area contributed by atoms with E-state index in [1.165, 1.54) is 0 Å². The molecule has 0 aromatic heterocycles. The van der Waals surface area contributed by atoms with Gasteiger partial charge in [0, 0.05) is 21.2 Å². The van der Waals surface area contributed by atoms with Crippen molar-refractivity contribution in [3.8, 4) is 0 Å². The molecule has 2 N–H and O–H groups in total. The first-order valence-corrected chi connectivity index (χ1v) is 5.55. The van der Waals surface area contributed by atoms with Crippen LogP contribution < -0.4 is 5.32 Å². The van der Waals surface area contributed by atoms with Crippen LogP contribution in [-0.2, 0) is 0 Å². The van der Waals surface area contributed by atoms with Crippen molar-refractivity contribution in [2.75, 3.05) is 11.9 Å². The van der Waals surface area contributed by atoms with Gasteiger partial charge in [0.05, 0.1) is 6.10 Å². The molecule has 0 aliphatic rings. The van der Waals surface area contributed by atoms with Crippen LogP contribution in [0.5, 0.6) is 0 Å². The molecule has 0 saturated carbocycles. The maximum atomic E-state index is 9.07. The minimum Gasteiger partial charge on any atom is -0.392 e. The topological polar surface area (TPSA) is 32.3 Å². The number of nitrogens with one attached hydrogen (secondary N) is 1. The second-order valence-electron chi connectivity index (χ2n) is 2.85. The highest BCUT2D eigenvalue weighted by molar-refractivity contribution is 9.11. The quantitative estimate of drug-likeness (QED) is 0.899. The standard InChI is InChI=1S/C9H11Br2NO/c1-6(13)5-12-9-3-2-7(10)4-8(9)11/h2-4,6,12-13H,5H2,1H3/t6-/m1/s1. The van der Waals surface area contributed by atoms with E-state index in [1.54, 1.807) is 6.92 Å². The number of aliphatic hydroxyl groups excluding tert-OH is 1. The first-order chi connectivity index (χ1) is 6.09. The average molecular weight is 309 g/mol. The minimum atomic E-state index is -0.337. The Balaban J connectivity index is 2.67. The summed E-state index contributed by atoms with van der Waals surface area (Å²) in [5.74, 6) is 0. The van der Waals surface area contributed by atoms with E-state index in [9.17, 15) is 0 Å². The zero-order valence-corrected chi connectivity index (χ0v) is 10.4. The molecule has 72 valence electrons. The SMILES string of the molecule is C[C@@H](O)CNc1ccc(Br)cc1Br. The molecule has 0 saturated heterocycles. The van der Waals surface area contributed by atoms with Crippen LogP contribution in [0.2, 0.25) is 0 Å². The lowest BCUT2D eigenvalue weighted by molar-refractivity contribution is 0.208. The molecule has 1 atom stereocenters. The number of benzene rings is 1. The molecule has 1 aromatic carbocycles. The number of aliphatic hydroxyl groups is 1. The van der Waals surface area contributed by atoms with E-state index < -0.39 is 0 Å². The van der Waals surface area contributed by atoms with Crippen LogP contribution in [0.4, 0.5) is 5.69 Å². The Bertz CT molecular complexity index is 289. The number of hydrogen-bond acceptors (Lipinski definition) is 2. The predicted octanol–water partition coefficient (Wildman–Crippen LogP) is 3.00. The van der Waals surface area contributed by atoms with E-state index in [0.717, 1.165) is 14.6 Å². The molecule has 2 nitrogen and oxygen atoms in total. The smallest absolute Gasteiger partial charge is 0.0684 e. The molecule has 0 unspecified atom stereocenters. The van der Waals surface area contributed by atoms with Crippen molar-refractivity contribution in [2.24, 2.45) is 0 Å². The van der Waals surface area contributed by atoms with Crippen LogP contribution in [0, 0.1) is 0 Å². The van der Waals surface area contributed by atoms with E-state index in [0.29, 0.717) is 6.54 Å². The number of rotatable bonds is 3. The van der Waals surface area contributed by atoms with Gasteiger partial charge in [0.2, 0.25) is 0 Å². The van der Waals surface area contributed by atoms with Crippen LogP contribution in [-0.4, -0.2) is 17.8 Å². The Morgan fingerprint density at radius 3 is 2.69 bits per heavy atom. The summed E-state index contributed by atoms with van der Waals surface area (Å²) >= 11 is 6.79. The van der Waals surface area contributed by atoms with Crippen LogP contribution >= 0.6 is 31.9 Å². The van der Waals surface area contributed by atoms with Gasteiger partial charge in [-0.25, -0.2) is 0 Å². The van der Waals surface area contributed by atoms with Crippen LogP contribution in [0.3, 0.4) is 0 Å². The molecule has 0 heterocycles. The molecular weight excluding hydrogens is 298 g/mol. The van der Waals surface area contributed by atoms with Crippen molar-refractivity contribution in [1.29, 1.82) is 0 Å². The van der Waals surface area contributed by atoms with Crippen molar-refractivity contribution in [3.05, 3.63) is 27.1 Å². The van der Waals surface area contributed by atoms with Gasteiger partial charge in [-0.05, 0) is 41.1 Å². The fourth-order valence-electron chi connectivity index (χ4n) is 0.891. The summed E-state index contributed by atoms with van der Waals surface area (Å²) in [6.07, 6.45) is -0.337. The highest BCUT2D eigenvalue weighted by Crippen LogP contribution is 2.25. The summed E-state index contributed by atoms with van der Waals surface area (Å²) in [5, 5.41) is 12.2. The highest BCUT2D eigenvalue weighted by atomic mass is 79.9. The lowest BCUT2D eigenvalue weighted by atomic mass is 10.3. The van der Waals surface area contributed by atoms with Gasteiger partial charge in [-0.3, -0.25) is 0 Å². The second kappa shape index (κ2) is 4.98. The Morgan fingerprint density at radius 2 is 2.15 bits per heavy atom. The molecule has 0 bridgehead atoms. The number of halogens is 2. The van der Waals surface area contributed by atoms with E-state index in [4.69, 9.17) is 5.11 Å². The first-order valence-electron chi connectivity index (χ1n) is 3.96. The van der Waals surface area contributed by atoms with E-state index in [2.05, 4.69) is 37.2 Å². The van der Waals surface area contributed by atoms with Gasteiger partial charge < -0.3 is 10.4 Å². The maximum Gasteiger partial charge on any atom is 0.0684 e. The van der Waals surface area contributed by atoms with Gasteiger partial charge in [-0.2, -0.15) is 0 Å². The molecule has 4 heteroatoms. The van der Waals surface area contributed by atoms with Gasteiger partial charge in [-0.15, -0.1) is 0 Å². The summed E-state index contributed by atoms with van der Waals surface area (Å²) in [4.78, 5) is 0. The van der Waals surface area contributed by atoms with E-state index in [-0.39, 0.29) is 6.10 Å². The summed E-state index contributed by atoms with van der Waals surface area (Å²) in [6.45, 7) is 2.31. The van der Waals surface area contributed by atoms with Crippen molar-refractivity contribution < 1.29 is 5.11 Å². The molecule has 0 aliphatic carbocycles. The molecule has 0 fully saturated rings. The van der Waals surface area contributed by atoms with E-state index >= 15 is 0 Å². The maximum absolute atomic E-state index is 9.07. The monoisotopic (exact) mass is 307 g/mol. The van der Waals surface area contributed by atoms with Crippen LogP contribution in [0.25, 0.3) is 0 Å². The van der Waals surface area contributed by atoms with Gasteiger partial charge in [-0.1, -0.05) is 15.9 Å². The van der Waals surface area contributed by atoms with Gasteiger partial charge in [0.1, 0.15) is 0 Å². The molecule has 1 aromatic rings. The summed E-state index contributed by atoms with van der Waals surface area (Å²) in [5.41, 5.74) is 0.990. The average Bonchev–Trinajstić information content (AvgIpc) is 2.02. The lowest BCUT2D eigenvalue weighted by Gasteiger charge is -2.10. The molecule has 1 rings (SSSR count). The zero-order chi connectivity index (χ0) is 9.84. The third-order valence-electron chi connectivity index (χ3n) is 1.52. The Kier molecular flexibility index (Phi) is 4.22. The fourth-order valence-corrected chi connectivity index (χ4v) is 2.08. The lowest BCUT2D eigenvalue weighted by Crippen LogP contribution is -2.15. The predicted molar refractivity (Wildman–Crippen MR) is 62.0 cm³/mol. The molecule has 0 radical (unpaired) electrons. The molecular formula is C9H11Br2NO. The molecule has 0 aliphatic heterocycles. The van der Waals surface area contributed by atoms with Gasteiger partial charge >= 0.3 is 0 Å². The second-order valence-corrected chi connectivity index (χ2v) is 4.62. The highest BCUT2D eigenvalue weighted by Gasteiger charge is 2.00. The minimum absolute atomic E-state index is 0.337. The van der Waals surface area contributed by atoms with Crippen molar-refractivity contribution >= 4 is 37.5 Å². The zero-order valence-electron chi connectivity index (χ0n) is 7.22. The molecule has 0 amide bonds. The third kappa shape index (κ3) is 3.67. The third-order valence-corrected chi connectivity index (χ3v) is 2.67. The van der Waals surface area contributed by atoms with Crippen molar-refractivity contribution in [2.45, 2.75) is 13.0 Å². The Hall–Kier alpha value is -0.0600. The van der Waals surface area contributed by atoms with Crippen molar-refractivity contribution in [1.82, 2.24) is 0 Å². The normalized spacial score (nSPS) is 12.6. The summed E-state index contributed by atoms with van der Waals surface area (Å²) in [7, 11) is 0. The summed E-state index contributed by atoms with van der Waals surface area (Å²) < 4.78 is 2.02. The molecule has 0 spiro atoms. The molecule has 13 heavy (non-hydrogen) atoms. The Labute approximate surface area is 94.6 Å². The van der Waals surface area contributed by atoms with Crippen LogP contribution in [0.15, 0.2) is 27.1 Å². The summed E-state index contributed by atoms with van der Waals surface area (Å²) in [6, 6.07) is 5.87. The number of hydrogen-bond donors (Lipinski definition) is 2. The van der Waals surface area contributed by atoms with Gasteiger partial charge in [0.15, 0.2) is 0 Å². The first kappa shape index (κ1) is 11.0. The fraction of sp³-hybridized carbons (Fsp3) is 0.333. The van der Waals surface area contributed by atoms with E-state index in [1.807, 2.05) is 18.2 Å². The van der Waals surface area contributed by atoms with Crippen LogP contribution in [0.1, 0.15) is 6.92 Å². The number of anilines is 1. The van der Waals surface area contributed by atoms with Crippen molar-refractivity contribution in [3.63, 3.8) is 0 Å². The van der Waals surface area contributed by atoms with Gasteiger partial charge in [0.25, 0.3) is 0 Å².